The fourth-order valence-electron chi connectivity index (χ4n) is 9.21. The third kappa shape index (κ3) is 3.88. The lowest BCUT2D eigenvalue weighted by molar-refractivity contribution is 0.436. The van der Waals surface area contributed by atoms with Crippen molar-refractivity contribution in [3.63, 3.8) is 0 Å². The highest BCUT2D eigenvalue weighted by Crippen LogP contribution is 2.63. The van der Waals surface area contributed by atoms with Gasteiger partial charge in [-0.3, -0.25) is 0 Å². The second kappa shape index (κ2) is 10.7. The zero-order valence-electron chi connectivity index (χ0n) is 28.4. The van der Waals surface area contributed by atoms with Crippen molar-refractivity contribution in [2.45, 2.75) is 5.41 Å². The Morgan fingerprint density at radius 3 is 1.91 bits per heavy atom. The van der Waals surface area contributed by atoms with E-state index < -0.39 is 5.41 Å². The minimum absolute atomic E-state index is 0.539. The first-order valence-corrected chi connectivity index (χ1v) is 18.8. The van der Waals surface area contributed by atoms with E-state index in [4.69, 9.17) is 9.15 Å². The Bertz CT molecular complexity index is 3070. The molecule has 0 fully saturated rings. The Kier molecular flexibility index (Phi) is 5.86. The summed E-state index contributed by atoms with van der Waals surface area (Å²) in [4.78, 5) is 2.37. The smallest absolute Gasteiger partial charge is 0.136 e. The molecule has 1 aliphatic carbocycles. The van der Waals surface area contributed by atoms with Crippen LogP contribution in [0.4, 0.5) is 17.1 Å². The van der Waals surface area contributed by atoms with Gasteiger partial charge in [0.25, 0.3) is 0 Å². The fourth-order valence-corrected chi connectivity index (χ4v) is 10.4. The summed E-state index contributed by atoms with van der Waals surface area (Å²) >= 11 is 1.85. The van der Waals surface area contributed by atoms with Crippen LogP contribution in [-0.2, 0) is 5.41 Å². The topological polar surface area (TPSA) is 25.6 Å². The van der Waals surface area contributed by atoms with Crippen LogP contribution in [0.3, 0.4) is 0 Å². The molecule has 248 valence electrons. The maximum atomic E-state index is 6.70. The van der Waals surface area contributed by atoms with Gasteiger partial charge in [-0.1, -0.05) is 109 Å². The van der Waals surface area contributed by atoms with Crippen LogP contribution >= 0.6 is 11.3 Å². The first-order valence-electron chi connectivity index (χ1n) is 18.0. The van der Waals surface area contributed by atoms with E-state index in [1.165, 1.54) is 42.4 Å². The van der Waals surface area contributed by atoms with E-state index in [1.54, 1.807) is 0 Å². The average Bonchev–Trinajstić information content (AvgIpc) is 3.87. The molecule has 3 heterocycles. The van der Waals surface area contributed by atoms with Crippen molar-refractivity contribution in [3.05, 3.63) is 198 Å². The van der Waals surface area contributed by atoms with Crippen LogP contribution < -0.4 is 9.64 Å². The van der Waals surface area contributed by atoms with E-state index in [2.05, 4.69) is 181 Å². The molecule has 4 heteroatoms. The first kappa shape index (κ1) is 29.0. The maximum absolute atomic E-state index is 6.70. The number of fused-ring (bicyclic) bond motifs is 16. The second-order valence-electron chi connectivity index (χ2n) is 14.0. The normalized spacial score (nSPS) is 13.6. The van der Waals surface area contributed by atoms with Crippen LogP contribution in [0.1, 0.15) is 22.3 Å². The number of para-hydroxylation sites is 3. The van der Waals surface area contributed by atoms with Gasteiger partial charge in [0.2, 0.25) is 0 Å². The van der Waals surface area contributed by atoms with Crippen molar-refractivity contribution in [1.82, 2.24) is 0 Å². The molecule has 12 rings (SSSR count). The first-order chi connectivity index (χ1) is 26.3. The summed E-state index contributed by atoms with van der Waals surface area (Å²) in [6, 6.07) is 63.3. The number of rotatable bonds is 3. The Balaban J connectivity index is 1.13. The summed E-state index contributed by atoms with van der Waals surface area (Å²) in [5.74, 6) is 1.78. The van der Waals surface area contributed by atoms with Gasteiger partial charge in [0.15, 0.2) is 0 Å². The average molecular weight is 696 g/mol. The monoisotopic (exact) mass is 695 g/mol. The van der Waals surface area contributed by atoms with Crippen molar-refractivity contribution in [1.29, 1.82) is 0 Å². The summed E-state index contributed by atoms with van der Waals surface area (Å²) in [6.07, 6.45) is 0. The molecule has 0 atom stereocenters. The van der Waals surface area contributed by atoms with Crippen molar-refractivity contribution in [2.75, 3.05) is 4.90 Å². The standard InChI is InChI=1S/C49H29NO2S/c1-2-12-30(13-3-1)50(32-22-24-34-33-14-5-11-21-45(33)53-46(34)29-32)31-23-26-41-36(28-31)48-44(51-41)27-25-40-47(48)35-15-4-6-16-37(35)49(40)38-17-7-9-19-42(38)52-43-20-10-8-18-39(43)49/h1-29H. The number of furan rings is 1. The highest BCUT2D eigenvalue weighted by molar-refractivity contribution is 7.25. The number of anilines is 3. The van der Waals surface area contributed by atoms with Crippen molar-refractivity contribution >= 4 is 70.5 Å². The van der Waals surface area contributed by atoms with Crippen LogP contribution in [0.15, 0.2) is 180 Å². The van der Waals surface area contributed by atoms with E-state index in [9.17, 15) is 0 Å². The molecule has 0 N–H and O–H groups in total. The molecule has 0 amide bonds. The van der Waals surface area contributed by atoms with Gasteiger partial charge in [0, 0.05) is 59.1 Å². The molecule has 53 heavy (non-hydrogen) atoms. The predicted molar refractivity (Wildman–Crippen MR) is 219 cm³/mol. The van der Waals surface area contributed by atoms with Crippen molar-refractivity contribution < 1.29 is 9.15 Å². The lowest BCUT2D eigenvalue weighted by Crippen LogP contribution is -2.32. The van der Waals surface area contributed by atoms with Crippen LogP contribution in [0.25, 0.3) is 53.2 Å². The van der Waals surface area contributed by atoms with Crippen LogP contribution in [0.5, 0.6) is 11.5 Å². The zero-order chi connectivity index (χ0) is 34.7. The molecule has 10 aromatic rings. The van der Waals surface area contributed by atoms with Crippen molar-refractivity contribution in [2.24, 2.45) is 0 Å². The Labute approximate surface area is 309 Å². The van der Waals surface area contributed by atoms with Gasteiger partial charge in [-0.05, 0) is 89.0 Å². The molecule has 1 aliphatic heterocycles. The van der Waals surface area contributed by atoms with Gasteiger partial charge in [0.1, 0.15) is 22.7 Å². The van der Waals surface area contributed by atoms with Gasteiger partial charge in [-0.2, -0.15) is 0 Å². The minimum Gasteiger partial charge on any atom is -0.457 e. The van der Waals surface area contributed by atoms with Gasteiger partial charge >= 0.3 is 0 Å². The molecule has 1 spiro atoms. The largest absolute Gasteiger partial charge is 0.457 e. The quantitative estimate of drug-likeness (QED) is 0.184. The Morgan fingerprint density at radius 2 is 1.08 bits per heavy atom. The summed E-state index contributed by atoms with van der Waals surface area (Å²) in [6.45, 7) is 0. The van der Waals surface area contributed by atoms with E-state index in [-0.39, 0.29) is 0 Å². The summed E-state index contributed by atoms with van der Waals surface area (Å²) in [7, 11) is 0. The summed E-state index contributed by atoms with van der Waals surface area (Å²) in [5.41, 5.74) is 11.8. The molecule has 0 bridgehead atoms. The molecule has 3 nitrogen and oxygen atoms in total. The molecule has 8 aromatic carbocycles. The molecule has 0 saturated heterocycles. The van der Waals surface area contributed by atoms with Crippen LogP contribution in [0.2, 0.25) is 0 Å². The maximum Gasteiger partial charge on any atom is 0.136 e. The lowest BCUT2D eigenvalue weighted by atomic mass is 9.66. The molecular weight excluding hydrogens is 667 g/mol. The van der Waals surface area contributed by atoms with E-state index in [1.807, 2.05) is 11.3 Å². The number of thiophene rings is 1. The van der Waals surface area contributed by atoms with Gasteiger partial charge in [-0.15, -0.1) is 11.3 Å². The van der Waals surface area contributed by atoms with Crippen molar-refractivity contribution in [3.8, 4) is 22.6 Å². The fraction of sp³-hybridized carbons (Fsp3) is 0.0204. The van der Waals surface area contributed by atoms with E-state index >= 15 is 0 Å². The third-order valence-electron chi connectivity index (χ3n) is 11.3. The number of benzene rings is 8. The molecule has 0 radical (unpaired) electrons. The SMILES string of the molecule is c1ccc(N(c2ccc3c(c2)sc2ccccc23)c2ccc3oc4ccc5c(c4c3c2)-c2ccccc2C52c3ccccc3Oc3ccccc32)cc1. The van der Waals surface area contributed by atoms with E-state index in [0.29, 0.717) is 0 Å². The van der Waals surface area contributed by atoms with Gasteiger partial charge in [-0.25, -0.2) is 0 Å². The molecule has 0 saturated carbocycles. The van der Waals surface area contributed by atoms with Crippen LogP contribution in [-0.4, -0.2) is 0 Å². The number of hydrogen-bond acceptors (Lipinski definition) is 4. The number of nitrogens with zero attached hydrogens (tertiary/aromatic N) is 1. The summed E-state index contributed by atoms with van der Waals surface area (Å²) in [5, 5.41) is 4.83. The van der Waals surface area contributed by atoms with Crippen LogP contribution in [0, 0.1) is 0 Å². The van der Waals surface area contributed by atoms with Gasteiger partial charge in [0.05, 0.1) is 5.41 Å². The molecule has 2 aliphatic rings. The van der Waals surface area contributed by atoms with E-state index in [0.717, 1.165) is 61.6 Å². The zero-order valence-corrected chi connectivity index (χ0v) is 29.2. The Hall–Kier alpha value is -6.62. The third-order valence-corrected chi connectivity index (χ3v) is 12.5. The Morgan fingerprint density at radius 1 is 0.434 bits per heavy atom. The molecule has 0 unspecified atom stereocenters. The lowest BCUT2D eigenvalue weighted by Gasteiger charge is -2.39. The summed E-state index contributed by atoms with van der Waals surface area (Å²) < 4.78 is 15.9. The number of hydrogen-bond donors (Lipinski definition) is 0. The molecular formula is C49H29NO2S. The highest BCUT2D eigenvalue weighted by Gasteiger charge is 2.51. The number of ether oxygens (including phenoxy) is 1. The van der Waals surface area contributed by atoms with Gasteiger partial charge < -0.3 is 14.1 Å². The molecule has 2 aromatic heterocycles. The highest BCUT2D eigenvalue weighted by atomic mass is 32.1. The second-order valence-corrected chi connectivity index (χ2v) is 15.1. The minimum atomic E-state index is -0.539. The predicted octanol–water partition coefficient (Wildman–Crippen LogP) is 13.9.